The summed E-state index contributed by atoms with van der Waals surface area (Å²) in [5.41, 5.74) is 7.33. The SMILES string of the molecule is NC1CCC(Oc2ccc(S(=O)Nc3ccc(Cl)c4c(Cl)c[nH]c34)cc2)CC1. The van der Waals surface area contributed by atoms with E-state index in [2.05, 4.69) is 9.71 Å². The first-order valence-electron chi connectivity index (χ1n) is 9.17. The number of nitrogens with one attached hydrogen (secondary N) is 2. The van der Waals surface area contributed by atoms with Gasteiger partial charge in [-0.1, -0.05) is 23.2 Å². The molecule has 1 atom stereocenters. The summed E-state index contributed by atoms with van der Waals surface area (Å²) in [5.74, 6) is 0.784. The van der Waals surface area contributed by atoms with Gasteiger partial charge < -0.3 is 15.5 Å². The Kier molecular flexibility index (Phi) is 5.83. The zero-order chi connectivity index (χ0) is 19.7. The van der Waals surface area contributed by atoms with E-state index in [-0.39, 0.29) is 6.10 Å². The molecule has 0 amide bonds. The van der Waals surface area contributed by atoms with E-state index < -0.39 is 11.0 Å². The smallest absolute Gasteiger partial charge is 0.150 e. The van der Waals surface area contributed by atoms with E-state index in [0.29, 0.717) is 32.1 Å². The van der Waals surface area contributed by atoms with Crippen LogP contribution in [0.4, 0.5) is 5.69 Å². The topological polar surface area (TPSA) is 80.1 Å². The highest BCUT2D eigenvalue weighted by atomic mass is 35.5. The number of hydrogen-bond donors (Lipinski definition) is 3. The Morgan fingerprint density at radius 1 is 1.04 bits per heavy atom. The second-order valence-electron chi connectivity index (χ2n) is 6.98. The highest BCUT2D eigenvalue weighted by Gasteiger charge is 2.20. The van der Waals surface area contributed by atoms with Gasteiger partial charge >= 0.3 is 0 Å². The van der Waals surface area contributed by atoms with Crippen molar-refractivity contribution in [2.75, 3.05) is 4.72 Å². The molecule has 148 valence electrons. The quantitative estimate of drug-likeness (QED) is 0.509. The molecular weight excluding hydrogens is 417 g/mol. The molecule has 4 N–H and O–H groups in total. The van der Waals surface area contributed by atoms with E-state index in [1.807, 2.05) is 24.3 Å². The van der Waals surface area contributed by atoms with Gasteiger partial charge in [-0.2, -0.15) is 0 Å². The molecular formula is C20H21Cl2N3O2S. The Morgan fingerprint density at radius 2 is 1.75 bits per heavy atom. The lowest BCUT2D eigenvalue weighted by Gasteiger charge is -2.26. The molecule has 3 aromatic rings. The van der Waals surface area contributed by atoms with Crippen molar-refractivity contribution in [3.63, 3.8) is 0 Å². The molecule has 0 bridgehead atoms. The van der Waals surface area contributed by atoms with Crippen LogP contribution in [0.15, 0.2) is 47.5 Å². The largest absolute Gasteiger partial charge is 0.490 e. The van der Waals surface area contributed by atoms with E-state index >= 15 is 0 Å². The van der Waals surface area contributed by atoms with Gasteiger partial charge in [-0.3, -0.25) is 4.72 Å². The Hall–Kier alpha value is -1.73. The van der Waals surface area contributed by atoms with Crippen LogP contribution >= 0.6 is 23.2 Å². The third kappa shape index (κ3) is 4.15. The lowest BCUT2D eigenvalue weighted by Crippen LogP contribution is -2.31. The molecule has 1 fully saturated rings. The van der Waals surface area contributed by atoms with E-state index in [0.717, 1.165) is 36.9 Å². The Bertz CT molecular complexity index is 999. The molecule has 0 saturated heterocycles. The average molecular weight is 438 g/mol. The molecule has 1 aromatic heterocycles. The first-order valence-corrected chi connectivity index (χ1v) is 11.1. The minimum atomic E-state index is -1.44. The van der Waals surface area contributed by atoms with Gasteiger partial charge in [0, 0.05) is 17.6 Å². The molecule has 1 heterocycles. The summed E-state index contributed by atoms with van der Waals surface area (Å²) in [7, 11) is -1.44. The number of fused-ring (bicyclic) bond motifs is 1. The molecule has 0 aliphatic heterocycles. The van der Waals surface area contributed by atoms with Crippen molar-refractivity contribution in [2.24, 2.45) is 5.73 Å². The summed E-state index contributed by atoms with van der Waals surface area (Å²) in [6.07, 6.45) is 5.80. The van der Waals surface area contributed by atoms with E-state index in [9.17, 15) is 4.21 Å². The summed E-state index contributed by atoms with van der Waals surface area (Å²) in [6.45, 7) is 0. The van der Waals surface area contributed by atoms with Crippen LogP contribution in [0.2, 0.25) is 10.0 Å². The first kappa shape index (κ1) is 19.6. The molecule has 8 heteroatoms. The van der Waals surface area contributed by atoms with Crippen LogP contribution in [0.3, 0.4) is 0 Å². The van der Waals surface area contributed by atoms with Gasteiger partial charge in [0.1, 0.15) is 16.7 Å². The fourth-order valence-electron chi connectivity index (χ4n) is 3.45. The highest BCUT2D eigenvalue weighted by Crippen LogP contribution is 2.35. The van der Waals surface area contributed by atoms with E-state index in [4.69, 9.17) is 33.7 Å². The zero-order valence-corrected chi connectivity index (χ0v) is 17.4. The third-order valence-electron chi connectivity index (χ3n) is 5.00. The fraction of sp³-hybridized carbons (Fsp3) is 0.300. The molecule has 1 saturated carbocycles. The molecule has 1 unspecified atom stereocenters. The van der Waals surface area contributed by atoms with E-state index in [1.54, 1.807) is 18.3 Å². The third-order valence-corrected chi connectivity index (χ3v) is 6.72. The molecule has 28 heavy (non-hydrogen) atoms. The number of anilines is 1. The predicted molar refractivity (Wildman–Crippen MR) is 116 cm³/mol. The lowest BCUT2D eigenvalue weighted by molar-refractivity contribution is 0.147. The van der Waals surface area contributed by atoms with Crippen molar-refractivity contribution < 1.29 is 8.95 Å². The van der Waals surface area contributed by atoms with Crippen LogP contribution < -0.4 is 15.2 Å². The monoisotopic (exact) mass is 437 g/mol. The number of hydrogen-bond acceptors (Lipinski definition) is 3. The number of aromatic nitrogens is 1. The molecule has 4 rings (SSSR count). The molecule has 0 spiro atoms. The maximum atomic E-state index is 12.8. The van der Waals surface area contributed by atoms with Crippen LogP contribution in [0.1, 0.15) is 25.7 Å². The van der Waals surface area contributed by atoms with Gasteiger partial charge in [-0.15, -0.1) is 0 Å². The summed E-state index contributed by atoms with van der Waals surface area (Å²) in [5, 5.41) is 1.78. The van der Waals surface area contributed by atoms with Crippen molar-refractivity contribution in [3.05, 3.63) is 52.6 Å². The lowest BCUT2D eigenvalue weighted by atomic mass is 9.94. The van der Waals surface area contributed by atoms with Crippen LogP contribution in [0.25, 0.3) is 10.9 Å². The van der Waals surface area contributed by atoms with Crippen molar-refractivity contribution >= 4 is 50.8 Å². The van der Waals surface area contributed by atoms with Gasteiger partial charge in [-0.25, -0.2) is 4.21 Å². The number of aromatic amines is 1. The summed E-state index contributed by atoms with van der Waals surface area (Å²) < 4.78 is 21.8. The Labute approximate surface area is 176 Å². The molecule has 2 aromatic carbocycles. The number of H-pyrrole nitrogens is 1. The van der Waals surface area contributed by atoms with Crippen molar-refractivity contribution in [1.29, 1.82) is 0 Å². The number of nitrogens with two attached hydrogens (primary N) is 1. The minimum Gasteiger partial charge on any atom is -0.490 e. The highest BCUT2D eigenvalue weighted by molar-refractivity contribution is 7.86. The second kappa shape index (κ2) is 8.33. The number of rotatable bonds is 5. The molecule has 1 aliphatic carbocycles. The maximum absolute atomic E-state index is 12.8. The van der Waals surface area contributed by atoms with Crippen LogP contribution in [0, 0.1) is 0 Å². The van der Waals surface area contributed by atoms with Crippen molar-refractivity contribution in [1.82, 2.24) is 4.98 Å². The fourth-order valence-corrected chi connectivity index (χ4v) is 4.88. The second-order valence-corrected chi connectivity index (χ2v) is 9.01. The maximum Gasteiger partial charge on any atom is 0.150 e. The predicted octanol–water partition coefficient (Wildman–Crippen LogP) is 5.26. The number of ether oxygens (including phenoxy) is 1. The zero-order valence-electron chi connectivity index (χ0n) is 15.1. The minimum absolute atomic E-state index is 0.203. The summed E-state index contributed by atoms with van der Waals surface area (Å²) in [6, 6.07) is 11.1. The van der Waals surface area contributed by atoms with Crippen LogP contribution in [-0.4, -0.2) is 21.3 Å². The normalized spacial score (nSPS) is 20.8. The van der Waals surface area contributed by atoms with Crippen LogP contribution in [0.5, 0.6) is 5.75 Å². The van der Waals surface area contributed by atoms with Gasteiger partial charge in [0.05, 0.1) is 32.2 Å². The van der Waals surface area contributed by atoms with Gasteiger partial charge in [-0.05, 0) is 62.1 Å². The average Bonchev–Trinajstić information content (AvgIpc) is 3.09. The van der Waals surface area contributed by atoms with Crippen molar-refractivity contribution in [2.45, 2.75) is 42.7 Å². The summed E-state index contributed by atoms with van der Waals surface area (Å²) >= 11 is 12.4. The van der Waals surface area contributed by atoms with Gasteiger partial charge in [0.15, 0.2) is 0 Å². The molecule has 0 radical (unpaired) electrons. The molecule has 5 nitrogen and oxygen atoms in total. The standard InChI is InChI=1S/C20H21Cl2N3O2S/c21-16-9-10-18(20-19(16)17(22)11-24-20)25-28(26)15-7-5-14(6-8-15)27-13-3-1-12(23)2-4-13/h5-13,24-25H,1-4,23H2. The van der Waals surface area contributed by atoms with Gasteiger partial charge in [0.2, 0.25) is 0 Å². The van der Waals surface area contributed by atoms with E-state index in [1.165, 1.54) is 0 Å². The first-order chi connectivity index (χ1) is 13.5. The number of benzene rings is 2. The Morgan fingerprint density at radius 3 is 2.46 bits per heavy atom. The Balaban J connectivity index is 1.45. The molecule has 1 aliphatic rings. The summed E-state index contributed by atoms with van der Waals surface area (Å²) in [4.78, 5) is 3.72. The van der Waals surface area contributed by atoms with Crippen LogP contribution in [-0.2, 0) is 11.0 Å². The number of halogens is 2. The van der Waals surface area contributed by atoms with Crippen molar-refractivity contribution in [3.8, 4) is 5.75 Å². The van der Waals surface area contributed by atoms with Gasteiger partial charge in [0.25, 0.3) is 0 Å².